The summed E-state index contributed by atoms with van der Waals surface area (Å²) in [5.74, 6) is 0.549. The van der Waals surface area contributed by atoms with Crippen molar-refractivity contribution >= 4 is 28.5 Å². The van der Waals surface area contributed by atoms with Crippen molar-refractivity contribution in [3.8, 4) is 17.2 Å². The van der Waals surface area contributed by atoms with Crippen molar-refractivity contribution in [2.75, 3.05) is 33.3 Å². The second kappa shape index (κ2) is 8.34. The van der Waals surface area contributed by atoms with Crippen molar-refractivity contribution in [2.45, 2.75) is 0 Å². The van der Waals surface area contributed by atoms with Crippen molar-refractivity contribution in [1.82, 2.24) is 4.98 Å². The molecule has 2 aromatic carbocycles. The van der Waals surface area contributed by atoms with Crippen molar-refractivity contribution in [3.63, 3.8) is 0 Å². The largest absolute Gasteiger partial charge is 0.497 e. The number of rotatable bonds is 7. The van der Waals surface area contributed by atoms with Crippen LogP contribution in [0.1, 0.15) is 10.5 Å². The van der Waals surface area contributed by atoms with Gasteiger partial charge in [0.05, 0.1) is 27.0 Å². The Balaban J connectivity index is 1.64. The number of methoxy groups -OCH3 is 3. The first-order valence-electron chi connectivity index (χ1n) is 8.40. The standard InChI is InChI=1S/C20H20N2O6/c1-25-13-5-4-12-8-17(21-15(12)9-13)20(24)28-11-19(23)22-16-10-14(26-2)6-7-18(16)27-3/h4-10,21H,11H2,1-3H3,(H,22,23). The Labute approximate surface area is 161 Å². The van der Waals surface area contributed by atoms with Crippen molar-refractivity contribution in [3.05, 3.63) is 48.2 Å². The van der Waals surface area contributed by atoms with Crippen LogP contribution in [0.2, 0.25) is 0 Å². The number of amides is 1. The summed E-state index contributed by atoms with van der Waals surface area (Å²) in [6.45, 7) is -0.447. The first kappa shape index (κ1) is 19.1. The van der Waals surface area contributed by atoms with Gasteiger partial charge in [0.2, 0.25) is 0 Å². The highest BCUT2D eigenvalue weighted by molar-refractivity contribution is 5.98. The van der Waals surface area contributed by atoms with Crippen LogP contribution < -0.4 is 19.5 Å². The normalized spacial score (nSPS) is 10.4. The average Bonchev–Trinajstić information content (AvgIpc) is 3.15. The van der Waals surface area contributed by atoms with Crippen LogP contribution in [0, 0.1) is 0 Å². The van der Waals surface area contributed by atoms with E-state index in [1.807, 2.05) is 6.07 Å². The maximum atomic E-state index is 12.2. The van der Waals surface area contributed by atoms with Gasteiger partial charge in [-0.15, -0.1) is 0 Å². The summed E-state index contributed by atoms with van der Waals surface area (Å²) in [6.07, 6.45) is 0. The molecule has 0 bridgehead atoms. The Morgan fingerprint density at radius 1 is 0.929 bits per heavy atom. The molecule has 0 saturated carbocycles. The van der Waals surface area contributed by atoms with Crippen LogP contribution in [-0.4, -0.2) is 44.8 Å². The van der Waals surface area contributed by atoms with Crippen LogP contribution in [0.5, 0.6) is 17.2 Å². The number of aromatic amines is 1. The molecule has 8 nitrogen and oxygen atoms in total. The SMILES string of the molecule is COc1ccc(OC)c(NC(=O)COC(=O)c2cc3ccc(OC)cc3[nH]2)c1. The summed E-state index contributed by atoms with van der Waals surface area (Å²) in [5.41, 5.74) is 1.40. The molecule has 3 aromatic rings. The van der Waals surface area contributed by atoms with Crippen LogP contribution in [-0.2, 0) is 9.53 Å². The number of carbonyl (C=O) groups excluding carboxylic acids is 2. The Morgan fingerprint density at radius 3 is 2.36 bits per heavy atom. The van der Waals surface area contributed by atoms with Gasteiger partial charge < -0.3 is 29.2 Å². The Kier molecular flexibility index (Phi) is 5.69. The van der Waals surface area contributed by atoms with E-state index in [9.17, 15) is 9.59 Å². The van der Waals surface area contributed by atoms with Gasteiger partial charge in [0.15, 0.2) is 6.61 Å². The summed E-state index contributed by atoms with van der Waals surface area (Å²) in [6, 6.07) is 12.0. The van der Waals surface area contributed by atoms with E-state index in [0.29, 0.717) is 22.9 Å². The summed E-state index contributed by atoms with van der Waals surface area (Å²) in [7, 11) is 4.57. The molecule has 1 heterocycles. The van der Waals surface area contributed by atoms with Crippen molar-refractivity contribution in [2.24, 2.45) is 0 Å². The van der Waals surface area contributed by atoms with E-state index in [-0.39, 0.29) is 5.69 Å². The van der Waals surface area contributed by atoms with Crippen LogP contribution in [0.4, 0.5) is 5.69 Å². The molecule has 0 aliphatic heterocycles. The number of ether oxygens (including phenoxy) is 4. The van der Waals surface area contributed by atoms with E-state index in [0.717, 1.165) is 10.9 Å². The molecule has 0 saturated heterocycles. The summed E-state index contributed by atoms with van der Waals surface area (Å²) < 4.78 is 20.6. The minimum Gasteiger partial charge on any atom is -0.497 e. The quantitative estimate of drug-likeness (QED) is 0.608. The molecule has 146 valence electrons. The second-order valence-corrected chi connectivity index (χ2v) is 5.83. The zero-order valence-corrected chi connectivity index (χ0v) is 15.7. The van der Waals surface area contributed by atoms with E-state index in [1.165, 1.54) is 14.2 Å². The topological polar surface area (TPSA) is 98.9 Å². The van der Waals surface area contributed by atoms with Gasteiger partial charge in [-0.25, -0.2) is 4.79 Å². The van der Waals surface area contributed by atoms with Gasteiger partial charge in [0, 0.05) is 23.0 Å². The highest BCUT2D eigenvalue weighted by Crippen LogP contribution is 2.28. The van der Waals surface area contributed by atoms with Gasteiger partial charge in [-0.3, -0.25) is 4.79 Å². The predicted molar refractivity (Wildman–Crippen MR) is 103 cm³/mol. The molecule has 2 N–H and O–H groups in total. The Bertz CT molecular complexity index is 1010. The molecule has 0 aliphatic rings. The summed E-state index contributed by atoms with van der Waals surface area (Å²) >= 11 is 0. The number of hydrogen-bond acceptors (Lipinski definition) is 6. The number of hydrogen-bond donors (Lipinski definition) is 2. The van der Waals surface area contributed by atoms with Crippen LogP contribution in [0.25, 0.3) is 10.9 Å². The minimum absolute atomic E-state index is 0.245. The first-order valence-corrected chi connectivity index (χ1v) is 8.40. The molecule has 1 aromatic heterocycles. The monoisotopic (exact) mass is 384 g/mol. The van der Waals surface area contributed by atoms with Gasteiger partial charge >= 0.3 is 5.97 Å². The highest BCUT2D eigenvalue weighted by atomic mass is 16.5. The zero-order chi connectivity index (χ0) is 20.1. The number of nitrogens with one attached hydrogen (secondary N) is 2. The molecule has 0 radical (unpaired) electrons. The summed E-state index contributed by atoms with van der Waals surface area (Å²) in [4.78, 5) is 27.4. The fraction of sp³-hybridized carbons (Fsp3) is 0.200. The number of carbonyl (C=O) groups is 2. The van der Waals surface area contributed by atoms with Crippen molar-refractivity contribution in [1.29, 1.82) is 0 Å². The third-order valence-electron chi connectivity index (χ3n) is 4.06. The first-order chi connectivity index (χ1) is 13.5. The highest BCUT2D eigenvalue weighted by Gasteiger charge is 2.15. The molecule has 0 fully saturated rings. The van der Waals surface area contributed by atoms with Gasteiger partial charge in [0.25, 0.3) is 5.91 Å². The van der Waals surface area contributed by atoms with Gasteiger partial charge in [-0.05, 0) is 30.3 Å². The molecule has 0 unspecified atom stereocenters. The van der Waals surface area contributed by atoms with E-state index in [1.54, 1.807) is 43.5 Å². The fourth-order valence-electron chi connectivity index (χ4n) is 2.65. The summed E-state index contributed by atoms with van der Waals surface area (Å²) in [5, 5.41) is 3.47. The van der Waals surface area contributed by atoms with Gasteiger partial charge in [-0.1, -0.05) is 0 Å². The Hall–Kier alpha value is -3.68. The third-order valence-corrected chi connectivity index (χ3v) is 4.06. The zero-order valence-electron chi connectivity index (χ0n) is 15.7. The smallest absolute Gasteiger partial charge is 0.355 e. The lowest BCUT2D eigenvalue weighted by molar-refractivity contribution is -0.119. The number of benzene rings is 2. The maximum Gasteiger partial charge on any atom is 0.355 e. The number of fused-ring (bicyclic) bond motifs is 1. The molecule has 28 heavy (non-hydrogen) atoms. The fourth-order valence-corrected chi connectivity index (χ4v) is 2.65. The second-order valence-electron chi connectivity index (χ2n) is 5.83. The van der Waals surface area contributed by atoms with E-state index >= 15 is 0 Å². The van der Waals surface area contributed by atoms with Crippen LogP contribution in [0.15, 0.2) is 42.5 Å². The van der Waals surface area contributed by atoms with Gasteiger partial charge in [0.1, 0.15) is 22.9 Å². The number of H-pyrrole nitrogens is 1. The van der Waals surface area contributed by atoms with E-state index in [2.05, 4.69) is 10.3 Å². The minimum atomic E-state index is -0.636. The van der Waals surface area contributed by atoms with E-state index < -0.39 is 18.5 Å². The van der Waals surface area contributed by atoms with Crippen LogP contribution >= 0.6 is 0 Å². The number of esters is 1. The van der Waals surface area contributed by atoms with Crippen molar-refractivity contribution < 1.29 is 28.5 Å². The molecular formula is C20H20N2O6. The maximum absolute atomic E-state index is 12.2. The number of aromatic nitrogens is 1. The van der Waals surface area contributed by atoms with E-state index in [4.69, 9.17) is 18.9 Å². The predicted octanol–water partition coefficient (Wildman–Crippen LogP) is 2.99. The molecule has 3 rings (SSSR count). The molecule has 0 spiro atoms. The average molecular weight is 384 g/mol. The van der Waals surface area contributed by atoms with Gasteiger partial charge in [-0.2, -0.15) is 0 Å². The molecule has 0 atom stereocenters. The third kappa shape index (κ3) is 4.17. The lowest BCUT2D eigenvalue weighted by Gasteiger charge is -2.11. The molecule has 1 amide bonds. The molecule has 0 aliphatic carbocycles. The lowest BCUT2D eigenvalue weighted by Crippen LogP contribution is -2.21. The number of anilines is 1. The Morgan fingerprint density at radius 2 is 1.64 bits per heavy atom. The van der Waals surface area contributed by atoms with Crippen LogP contribution in [0.3, 0.4) is 0 Å². The molecular weight excluding hydrogens is 364 g/mol. The lowest BCUT2D eigenvalue weighted by atomic mass is 10.2. The molecule has 8 heteroatoms.